The molecule has 0 aliphatic carbocycles. The minimum absolute atomic E-state index is 0.0861. The highest BCUT2D eigenvalue weighted by molar-refractivity contribution is 7.13. The number of fused-ring (bicyclic) bond motifs is 1. The molecule has 2 N–H and O–H groups in total. The molecule has 1 aliphatic rings. The first-order valence-electron chi connectivity index (χ1n) is 6.16. The van der Waals surface area contributed by atoms with Crippen molar-refractivity contribution in [2.75, 3.05) is 19.8 Å². The maximum Gasteiger partial charge on any atom is 0.269 e. The van der Waals surface area contributed by atoms with Gasteiger partial charge in [-0.05, 0) is 25.0 Å². The largest absolute Gasteiger partial charge is 0.381 e. The highest BCUT2D eigenvalue weighted by atomic mass is 32.1. The lowest BCUT2D eigenvalue weighted by Gasteiger charge is -2.36. The number of benzene rings is 1. The lowest BCUT2D eigenvalue weighted by Crippen LogP contribution is -2.48. The van der Waals surface area contributed by atoms with Crippen molar-refractivity contribution in [2.45, 2.75) is 18.4 Å². The third-order valence-corrected chi connectivity index (χ3v) is 5.01. The van der Waals surface area contributed by atoms with E-state index < -0.39 is 0 Å². The van der Waals surface area contributed by atoms with Gasteiger partial charge in [-0.15, -0.1) is 0 Å². The monoisotopic (exact) mass is 264 g/mol. The van der Waals surface area contributed by atoms with Crippen LogP contribution in [0.3, 0.4) is 0 Å². The van der Waals surface area contributed by atoms with Crippen LogP contribution in [0.25, 0.3) is 10.1 Å². The van der Waals surface area contributed by atoms with Crippen molar-refractivity contribution in [3.63, 3.8) is 0 Å². The summed E-state index contributed by atoms with van der Waals surface area (Å²) >= 11 is 1.52. The van der Waals surface area contributed by atoms with Crippen LogP contribution in [0.15, 0.2) is 29.1 Å². The van der Waals surface area contributed by atoms with Gasteiger partial charge in [0.1, 0.15) is 0 Å². The quantitative estimate of drug-likeness (QED) is 0.895. The van der Waals surface area contributed by atoms with Crippen LogP contribution in [0.4, 0.5) is 0 Å². The highest BCUT2D eigenvalue weighted by Crippen LogP contribution is 2.31. The van der Waals surface area contributed by atoms with Gasteiger partial charge in [0.15, 0.2) is 0 Å². The Bertz CT molecular complexity index is 611. The Morgan fingerprint density at radius 3 is 2.72 bits per heavy atom. The molecule has 1 fully saturated rings. The first kappa shape index (κ1) is 11.9. The van der Waals surface area contributed by atoms with Crippen LogP contribution in [0.2, 0.25) is 0 Å². The van der Waals surface area contributed by atoms with Gasteiger partial charge in [0.2, 0.25) is 0 Å². The first-order chi connectivity index (χ1) is 8.77. The molecule has 0 amide bonds. The minimum Gasteiger partial charge on any atom is -0.381 e. The second-order valence-corrected chi connectivity index (χ2v) is 5.72. The Kier molecular flexibility index (Phi) is 2.97. The summed E-state index contributed by atoms with van der Waals surface area (Å²) in [6.07, 6.45) is 1.63. The van der Waals surface area contributed by atoms with Gasteiger partial charge in [0.05, 0.1) is 15.6 Å². The van der Waals surface area contributed by atoms with Gasteiger partial charge in [-0.25, -0.2) is 0 Å². The Labute approximate surface area is 109 Å². The second kappa shape index (κ2) is 4.50. The van der Waals surface area contributed by atoms with E-state index in [1.807, 2.05) is 28.2 Å². The van der Waals surface area contributed by atoms with Crippen molar-refractivity contribution >= 4 is 21.6 Å². The molecule has 1 aliphatic heterocycles. The maximum absolute atomic E-state index is 12.5. The van der Waals surface area contributed by atoms with Gasteiger partial charge in [0.25, 0.3) is 5.56 Å². The fourth-order valence-corrected chi connectivity index (χ4v) is 3.75. The van der Waals surface area contributed by atoms with Gasteiger partial charge in [-0.2, -0.15) is 0 Å². The Balaban J connectivity index is 2.18. The molecule has 3 rings (SSSR count). The number of ether oxygens (including phenoxy) is 1. The zero-order valence-electron chi connectivity index (χ0n) is 10.1. The van der Waals surface area contributed by atoms with Crippen molar-refractivity contribution in [3.8, 4) is 0 Å². The smallest absolute Gasteiger partial charge is 0.269 e. The molecule has 1 aromatic heterocycles. The fourth-order valence-electron chi connectivity index (χ4n) is 2.53. The molecule has 0 saturated carbocycles. The van der Waals surface area contributed by atoms with Crippen LogP contribution < -0.4 is 11.3 Å². The third-order valence-electron chi connectivity index (χ3n) is 3.73. The fraction of sp³-hybridized carbons (Fsp3) is 0.462. The van der Waals surface area contributed by atoms with Crippen LogP contribution in [0.1, 0.15) is 12.8 Å². The van der Waals surface area contributed by atoms with E-state index in [2.05, 4.69) is 0 Å². The molecule has 1 aromatic carbocycles. The Morgan fingerprint density at radius 2 is 2.06 bits per heavy atom. The molecule has 1 saturated heterocycles. The van der Waals surface area contributed by atoms with Gasteiger partial charge in [-0.3, -0.25) is 8.75 Å². The maximum atomic E-state index is 12.5. The van der Waals surface area contributed by atoms with E-state index in [1.165, 1.54) is 11.5 Å². The zero-order chi connectivity index (χ0) is 12.6. The molecule has 0 atom stereocenters. The number of nitrogens with two attached hydrogens (primary N) is 1. The molecular weight excluding hydrogens is 248 g/mol. The molecule has 2 aromatic rings. The minimum atomic E-state index is -0.251. The molecule has 5 heteroatoms. The van der Waals surface area contributed by atoms with Crippen LogP contribution >= 0.6 is 11.5 Å². The lowest BCUT2D eigenvalue weighted by molar-refractivity contribution is 0.0284. The number of hydrogen-bond donors (Lipinski definition) is 1. The Hall–Kier alpha value is -1.17. The highest BCUT2D eigenvalue weighted by Gasteiger charge is 2.35. The van der Waals surface area contributed by atoms with E-state index in [4.69, 9.17) is 10.5 Å². The summed E-state index contributed by atoms with van der Waals surface area (Å²) in [4.78, 5) is 12.5. The van der Waals surface area contributed by atoms with Crippen molar-refractivity contribution in [1.82, 2.24) is 3.96 Å². The van der Waals surface area contributed by atoms with Crippen LogP contribution in [-0.4, -0.2) is 23.7 Å². The molecule has 4 nitrogen and oxygen atoms in total. The summed E-state index contributed by atoms with van der Waals surface area (Å²) < 4.78 is 8.30. The summed E-state index contributed by atoms with van der Waals surface area (Å²) in [5.74, 6) is 0. The lowest BCUT2D eigenvalue weighted by atomic mass is 9.91. The van der Waals surface area contributed by atoms with Crippen molar-refractivity contribution in [1.29, 1.82) is 0 Å². The van der Waals surface area contributed by atoms with E-state index in [0.717, 1.165) is 22.9 Å². The van der Waals surface area contributed by atoms with Gasteiger partial charge >= 0.3 is 0 Å². The number of hydrogen-bond acceptors (Lipinski definition) is 4. The summed E-state index contributed by atoms with van der Waals surface area (Å²) in [6, 6.07) is 7.73. The average molecular weight is 264 g/mol. The standard InChI is InChI=1S/C13H16N2O2S/c14-9-13(5-7-17-8-6-13)15-12(16)10-3-1-2-4-11(10)18-15/h1-4H,5-9,14H2. The summed E-state index contributed by atoms with van der Waals surface area (Å²) in [7, 11) is 0. The molecule has 0 bridgehead atoms. The molecular formula is C13H16N2O2S. The van der Waals surface area contributed by atoms with Crippen LogP contribution in [0.5, 0.6) is 0 Å². The predicted molar refractivity (Wildman–Crippen MR) is 73.2 cm³/mol. The van der Waals surface area contributed by atoms with Crippen LogP contribution in [0, 0.1) is 0 Å². The molecule has 0 unspecified atom stereocenters. The van der Waals surface area contributed by atoms with E-state index in [1.54, 1.807) is 0 Å². The summed E-state index contributed by atoms with van der Waals surface area (Å²) in [5, 5.41) is 0.793. The molecule has 96 valence electrons. The molecule has 0 spiro atoms. The second-order valence-electron chi connectivity index (χ2n) is 4.73. The number of nitrogens with zero attached hydrogens (tertiary/aromatic N) is 1. The normalized spacial score (nSPS) is 19.2. The average Bonchev–Trinajstić information content (AvgIpc) is 2.78. The zero-order valence-corrected chi connectivity index (χ0v) is 10.9. The predicted octanol–water partition coefficient (Wildman–Crippen LogP) is 1.53. The van der Waals surface area contributed by atoms with E-state index in [-0.39, 0.29) is 11.1 Å². The Morgan fingerprint density at radius 1 is 1.33 bits per heavy atom. The van der Waals surface area contributed by atoms with Gasteiger partial charge in [0, 0.05) is 19.8 Å². The van der Waals surface area contributed by atoms with E-state index in [0.29, 0.717) is 19.8 Å². The van der Waals surface area contributed by atoms with E-state index in [9.17, 15) is 4.79 Å². The molecule has 18 heavy (non-hydrogen) atoms. The SMILES string of the molecule is NCC1(n2sc3ccccc3c2=O)CCOCC1. The first-order valence-corrected chi connectivity index (χ1v) is 6.94. The molecule has 0 radical (unpaired) electrons. The van der Waals surface area contributed by atoms with Gasteiger partial charge < -0.3 is 10.5 Å². The van der Waals surface area contributed by atoms with Crippen molar-refractivity contribution in [3.05, 3.63) is 34.6 Å². The van der Waals surface area contributed by atoms with Crippen molar-refractivity contribution < 1.29 is 4.74 Å². The van der Waals surface area contributed by atoms with Crippen molar-refractivity contribution in [2.24, 2.45) is 5.73 Å². The van der Waals surface area contributed by atoms with E-state index >= 15 is 0 Å². The molecule has 2 heterocycles. The topological polar surface area (TPSA) is 57.2 Å². The number of rotatable bonds is 2. The summed E-state index contributed by atoms with van der Waals surface area (Å²) in [6.45, 7) is 1.85. The van der Waals surface area contributed by atoms with Gasteiger partial charge in [-0.1, -0.05) is 23.7 Å². The summed E-state index contributed by atoms with van der Waals surface area (Å²) in [5.41, 5.74) is 5.79. The third kappa shape index (κ3) is 1.70. The number of aromatic nitrogens is 1. The van der Waals surface area contributed by atoms with Crippen LogP contribution in [-0.2, 0) is 10.3 Å².